The van der Waals surface area contributed by atoms with Crippen molar-refractivity contribution in [1.29, 1.82) is 0 Å². The molecule has 0 N–H and O–H groups in total. The quantitative estimate of drug-likeness (QED) is 0.558. The van der Waals surface area contributed by atoms with Gasteiger partial charge in [0, 0.05) is 19.5 Å². The number of carbonyl (C=O) groups is 2. The SMILES string of the molecule is CCCCOC(=O)N1CCC(CC(=O)CBr)CC1. The van der Waals surface area contributed by atoms with E-state index >= 15 is 0 Å². The number of amides is 1. The summed E-state index contributed by atoms with van der Waals surface area (Å²) < 4.78 is 5.17. The van der Waals surface area contributed by atoms with Gasteiger partial charge in [0.1, 0.15) is 5.78 Å². The van der Waals surface area contributed by atoms with E-state index in [0.717, 1.165) is 25.7 Å². The number of alkyl halides is 1. The van der Waals surface area contributed by atoms with E-state index in [9.17, 15) is 9.59 Å². The highest BCUT2D eigenvalue weighted by atomic mass is 79.9. The van der Waals surface area contributed by atoms with Crippen LogP contribution in [-0.2, 0) is 9.53 Å². The lowest BCUT2D eigenvalue weighted by Crippen LogP contribution is -2.39. The van der Waals surface area contributed by atoms with Crippen LogP contribution in [0.5, 0.6) is 0 Å². The summed E-state index contributed by atoms with van der Waals surface area (Å²) in [6.07, 6.45) is 4.19. The zero-order valence-electron chi connectivity index (χ0n) is 11.0. The molecule has 1 rings (SSSR count). The summed E-state index contributed by atoms with van der Waals surface area (Å²) in [5.74, 6) is 0.675. The molecule has 0 unspecified atom stereocenters. The molecule has 0 atom stereocenters. The molecule has 104 valence electrons. The van der Waals surface area contributed by atoms with Gasteiger partial charge in [-0.2, -0.15) is 0 Å². The lowest BCUT2D eigenvalue weighted by molar-refractivity contribution is -0.117. The van der Waals surface area contributed by atoms with Gasteiger partial charge in [0.15, 0.2) is 0 Å². The Morgan fingerprint density at radius 1 is 1.33 bits per heavy atom. The van der Waals surface area contributed by atoms with E-state index in [2.05, 4.69) is 22.9 Å². The van der Waals surface area contributed by atoms with Crippen molar-refractivity contribution in [2.24, 2.45) is 5.92 Å². The molecule has 0 aliphatic carbocycles. The summed E-state index contributed by atoms with van der Waals surface area (Å²) >= 11 is 3.18. The number of nitrogens with zero attached hydrogens (tertiary/aromatic N) is 1. The smallest absolute Gasteiger partial charge is 0.409 e. The Morgan fingerprint density at radius 2 is 2.00 bits per heavy atom. The molecule has 18 heavy (non-hydrogen) atoms. The van der Waals surface area contributed by atoms with Crippen molar-refractivity contribution in [3.63, 3.8) is 0 Å². The van der Waals surface area contributed by atoms with Gasteiger partial charge in [-0.05, 0) is 25.2 Å². The van der Waals surface area contributed by atoms with Gasteiger partial charge < -0.3 is 9.64 Å². The largest absolute Gasteiger partial charge is 0.449 e. The summed E-state index contributed by atoms with van der Waals surface area (Å²) in [7, 11) is 0. The minimum absolute atomic E-state index is 0.200. The van der Waals surface area contributed by atoms with Gasteiger partial charge in [-0.1, -0.05) is 29.3 Å². The zero-order chi connectivity index (χ0) is 13.4. The van der Waals surface area contributed by atoms with Crippen molar-refractivity contribution in [1.82, 2.24) is 4.90 Å². The second-order valence-corrected chi connectivity index (χ2v) is 5.34. The highest BCUT2D eigenvalue weighted by molar-refractivity contribution is 9.09. The number of ketones is 1. The van der Waals surface area contributed by atoms with Gasteiger partial charge in [0.2, 0.25) is 0 Å². The second-order valence-electron chi connectivity index (χ2n) is 4.77. The zero-order valence-corrected chi connectivity index (χ0v) is 12.6. The first kappa shape index (κ1) is 15.5. The van der Waals surface area contributed by atoms with Crippen molar-refractivity contribution in [2.45, 2.75) is 39.0 Å². The van der Waals surface area contributed by atoms with Gasteiger partial charge in [0.05, 0.1) is 11.9 Å². The molecule has 1 aliphatic heterocycles. The van der Waals surface area contributed by atoms with Crippen LogP contribution in [0.3, 0.4) is 0 Å². The summed E-state index contributed by atoms with van der Waals surface area (Å²) in [4.78, 5) is 24.8. The predicted molar refractivity (Wildman–Crippen MR) is 74.0 cm³/mol. The van der Waals surface area contributed by atoms with E-state index in [1.54, 1.807) is 4.90 Å². The first-order valence-electron chi connectivity index (χ1n) is 6.66. The monoisotopic (exact) mass is 319 g/mol. The van der Waals surface area contributed by atoms with Crippen LogP contribution in [-0.4, -0.2) is 41.8 Å². The molecule has 1 aliphatic rings. The van der Waals surface area contributed by atoms with Crippen molar-refractivity contribution in [3.05, 3.63) is 0 Å². The molecule has 1 heterocycles. The van der Waals surface area contributed by atoms with E-state index in [4.69, 9.17) is 4.74 Å². The number of ether oxygens (including phenoxy) is 1. The summed E-state index contributed by atoms with van der Waals surface area (Å²) in [6.45, 7) is 4.01. The van der Waals surface area contributed by atoms with Crippen LogP contribution >= 0.6 is 15.9 Å². The normalized spacial score (nSPS) is 16.7. The van der Waals surface area contributed by atoms with Crippen molar-refractivity contribution >= 4 is 27.8 Å². The molecule has 0 spiro atoms. The number of carbonyl (C=O) groups excluding carboxylic acids is 2. The fourth-order valence-corrected chi connectivity index (χ4v) is 2.32. The first-order valence-corrected chi connectivity index (χ1v) is 7.78. The van der Waals surface area contributed by atoms with Crippen molar-refractivity contribution < 1.29 is 14.3 Å². The average Bonchev–Trinajstić information content (AvgIpc) is 2.39. The van der Waals surface area contributed by atoms with Gasteiger partial charge >= 0.3 is 6.09 Å². The van der Waals surface area contributed by atoms with Crippen LogP contribution in [0.15, 0.2) is 0 Å². The highest BCUT2D eigenvalue weighted by Crippen LogP contribution is 2.21. The maximum absolute atomic E-state index is 11.7. The Bertz CT molecular complexity index is 275. The molecule has 1 fully saturated rings. The summed E-state index contributed by atoms with van der Waals surface area (Å²) in [6, 6.07) is 0. The average molecular weight is 320 g/mol. The van der Waals surface area contributed by atoms with Crippen LogP contribution < -0.4 is 0 Å². The number of hydrogen-bond donors (Lipinski definition) is 0. The molecule has 1 amide bonds. The first-order chi connectivity index (χ1) is 8.67. The van der Waals surface area contributed by atoms with Crippen LogP contribution in [0, 0.1) is 5.92 Å². The number of likely N-dealkylation sites (tertiary alicyclic amines) is 1. The fourth-order valence-electron chi connectivity index (χ4n) is 2.09. The number of piperidine rings is 1. The molecule has 0 bridgehead atoms. The van der Waals surface area contributed by atoms with Gasteiger partial charge in [-0.25, -0.2) is 4.79 Å². The minimum Gasteiger partial charge on any atom is -0.449 e. The molecule has 5 heteroatoms. The topological polar surface area (TPSA) is 46.6 Å². The second kappa shape index (κ2) is 8.51. The highest BCUT2D eigenvalue weighted by Gasteiger charge is 2.24. The lowest BCUT2D eigenvalue weighted by Gasteiger charge is -2.30. The van der Waals surface area contributed by atoms with Gasteiger partial charge in [-0.15, -0.1) is 0 Å². The van der Waals surface area contributed by atoms with E-state index in [0.29, 0.717) is 37.4 Å². The predicted octanol–water partition coefficient (Wildman–Crippen LogP) is 2.99. The van der Waals surface area contributed by atoms with Crippen molar-refractivity contribution in [3.8, 4) is 0 Å². The minimum atomic E-state index is -0.200. The Morgan fingerprint density at radius 3 is 2.56 bits per heavy atom. The Kier molecular flexibility index (Phi) is 7.32. The van der Waals surface area contributed by atoms with Crippen LogP contribution in [0.1, 0.15) is 39.0 Å². The summed E-state index contributed by atoms with van der Waals surface area (Å²) in [5.41, 5.74) is 0. The third-order valence-electron chi connectivity index (χ3n) is 3.26. The molecule has 0 aromatic carbocycles. The van der Waals surface area contributed by atoms with Crippen molar-refractivity contribution in [2.75, 3.05) is 25.0 Å². The van der Waals surface area contributed by atoms with Crippen LogP contribution in [0.2, 0.25) is 0 Å². The number of rotatable bonds is 6. The van der Waals surface area contributed by atoms with Gasteiger partial charge in [-0.3, -0.25) is 4.79 Å². The Hall–Kier alpha value is -0.580. The standard InChI is InChI=1S/C13H22BrNO3/c1-2-3-8-18-13(17)15-6-4-11(5-7-15)9-12(16)10-14/h11H,2-10H2,1H3. The fraction of sp³-hybridized carbons (Fsp3) is 0.846. The van der Waals surface area contributed by atoms with Crippen LogP contribution in [0.4, 0.5) is 4.79 Å². The lowest BCUT2D eigenvalue weighted by atomic mass is 9.92. The van der Waals surface area contributed by atoms with Gasteiger partial charge in [0.25, 0.3) is 0 Å². The third-order valence-corrected chi connectivity index (χ3v) is 3.89. The number of hydrogen-bond acceptors (Lipinski definition) is 3. The number of halogens is 1. The third kappa shape index (κ3) is 5.38. The molecular weight excluding hydrogens is 298 g/mol. The Balaban J connectivity index is 2.22. The molecule has 1 saturated heterocycles. The van der Waals surface area contributed by atoms with Crippen LogP contribution in [0.25, 0.3) is 0 Å². The van der Waals surface area contributed by atoms with E-state index < -0.39 is 0 Å². The van der Waals surface area contributed by atoms with E-state index in [1.807, 2.05) is 0 Å². The maximum Gasteiger partial charge on any atom is 0.409 e. The van der Waals surface area contributed by atoms with E-state index in [-0.39, 0.29) is 11.9 Å². The maximum atomic E-state index is 11.7. The number of Topliss-reactive ketones (excluding diaryl/α,β-unsaturated/α-hetero) is 1. The Labute approximate surface area is 117 Å². The number of unbranched alkanes of at least 4 members (excludes halogenated alkanes) is 1. The molecule has 0 saturated carbocycles. The molecular formula is C13H22BrNO3. The molecule has 0 aromatic heterocycles. The molecule has 0 radical (unpaired) electrons. The van der Waals surface area contributed by atoms with E-state index in [1.165, 1.54) is 0 Å². The molecule has 4 nitrogen and oxygen atoms in total. The molecule has 0 aromatic rings. The summed E-state index contributed by atoms with van der Waals surface area (Å²) in [5, 5.41) is 0.437.